The van der Waals surface area contributed by atoms with E-state index in [1.54, 1.807) is 6.20 Å². The van der Waals surface area contributed by atoms with Gasteiger partial charge in [0.05, 0.1) is 0 Å². The van der Waals surface area contributed by atoms with Crippen molar-refractivity contribution in [2.24, 2.45) is 0 Å². The largest absolute Gasteiger partial charge is 0.451 e. The lowest BCUT2D eigenvalue weighted by Gasteiger charge is -2.35. The van der Waals surface area contributed by atoms with Crippen LogP contribution in [0.5, 0.6) is 0 Å². The first-order chi connectivity index (χ1) is 15.2. The summed E-state index contributed by atoms with van der Waals surface area (Å²) in [4.78, 5) is 25.9. The number of hydrogen-bond donors (Lipinski definition) is 0. The van der Waals surface area contributed by atoms with Crippen LogP contribution in [-0.4, -0.2) is 52.1 Å². The average Bonchev–Trinajstić information content (AvgIpc) is 3.39. The molecule has 1 aliphatic carbocycles. The predicted molar refractivity (Wildman–Crippen MR) is 114 cm³/mol. The molecule has 4 aromatic rings. The second-order valence-corrected chi connectivity index (χ2v) is 8.06. The van der Waals surface area contributed by atoms with Crippen molar-refractivity contribution >= 4 is 22.7 Å². The topological polar surface area (TPSA) is 88.5 Å². The van der Waals surface area contributed by atoms with Crippen LogP contribution in [0.2, 0.25) is 0 Å². The lowest BCUT2D eigenvalue weighted by molar-refractivity contribution is 0.0717. The number of anilines is 1. The summed E-state index contributed by atoms with van der Waals surface area (Å²) in [5.74, 6) is 2.95. The maximum Gasteiger partial charge on any atom is 0.289 e. The lowest BCUT2D eigenvalue weighted by atomic mass is 10.2. The van der Waals surface area contributed by atoms with Gasteiger partial charge in [0.25, 0.3) is 5.91 Å². The number of nitrogens with zero attached hydrogens (tertiary/aromatic N) is 5. The Hall–Kier alpha value is -3.68. The first-order valence-corrected chi connectivity index (χ1v) is 10.6. The molecule has 3 aromatic heterocycles. The summed E-state index contributed by atoms with van der Waals surface area (Å²) in [7, 11) is 0. The van der Waals surface area contributed by atoms with E-state index >= 15 is 0 Å². The van der Waals surface area contributed by atoms with Crippen molar-refractivity contribution in [3.63, 3.8) is 0 Å². The van der Waals surface area contributed by atoms with Crippen molar-refractivity contribution in [3.8, 4) is 11.4 Å². The highest BCUT2D eigenvalue weighted by Crippen LogP contribution is 2.39. The number of fused-ring (bicyclic) bond motifs is 1. The van der Waals surface area contributed by atoms with Crippen molar-refractivity contribution < 1.29 is 13.7 Å². The van der Waals surface area contributed by atoms with E-state index < -0.39 is 0 Å². The van der Waals surface area contributed by atoms with Crippen LogP contribution in [0, 0.1) is 0 Å². The minimum atomic E-state index is -0.0669. The Morgan fingerprint density at radius 2 is 1.87 bits per heavy atom. The van der Waals surface area contributed by atoms with E-state index in [0.717, 1.165) is 41.1 Å². The van der Waals surface area contributed by atoms with Crippen LogP contribution >= 0.6 is 0 Å². The first kappa shape index (κ1) is 18.1. The zero-order valence-electron chi connectivity index (χ0n) is 16.9. The Bertz CT molecular complexity index is 1200. The van der Waals surface area contributed by atoms with Gasteiger partial charge in [-0.3, -0.25) is 4.79 Å². The van der Waals surface area contributed by atoms with Gasteiger partial charge in [-0.05, 0) is 37.1 Å². The minimum absolute atomic E-state index is 0.0669. The lowest BCUT2D eigenvalue weighted by Crippen LogP contribution is -2.49. The summed E-state index contributed by atoms with van der Waals surface area (Å²) in [5, 5.41) is 5.02. The monoisotopic (exact) mass is 415 g/mol. The molecule has 1 saturated carbocycles. The molecule has 0 atom stereocenters. The third kappa shape index (κ3) is 3.43. The SMILES string of the molecule is O=C(c1cc2ccccc2o1)N1CCN(c2ccc(-c3noc(C4CC4)n3)cn2)CC1. The predicted octanol–water partition coefficient (Wildman–Crippen LogP) is 3.72. The number of furan rings is 1. The van der Waals surface area contributed by atoms with Gasteiger partial charge in [0.2, 0.25) is 11.7 Å². The molecule has 0 unspecified atom stereocenters. The van der Waals surface area contributed by atoms with E-state index in [0.29, 0.717) is 43.7 Å². The molecule has 156 valence electrons. The van der Waals surface area contributed by atoms with E-state index in [9.17, 15) is 4.79 Å². The molecular formula is C23H21N5O3. The number of benzene rings is 1. The number of pyridine rings is 1. The first-order valence-electron chi connectivity index (χ1n) is 10.6. The second kappa shape index (κ2) is 7.23. The molecule has 2 fully saturated rings. The summed E-state index contributed by atoms with van der Waals surface area (Å²) >= 11 is 0. The molecule has 0 bridgehead atoms. The van der Waals surface area contributed by atoms with Gasteiger partial charge >= 0.3 is 0 Å². The normalized spacial score (nSPS) is 16.8. The van der Waals surface area contributed by atoms with Crippen LogP contribution in [0.1, 0.15) is 35.2 Å². The molecule has 0 spiro atoms. The third-order valence-corrected chi connectivity index (χ3v) is 5.90. The van der Waals surface area contributed by atoms with Gasteiger partial charge in [0.1, 0.15) is 11.4 Å². The minimum Gasteiger partial charge on any atom is -0.451 e. The Labute approximate surface area is 178 Å². The van der Waals surface area contributed by atoms with Gasteiger partial charge in [-0.1, -0.05) is 23.4 Å². The number of carbonyl (C=O) groups is 1. The molecule has 0 N–H and O–H groups in total. The van der Waals surface area contributed by atoms with Gasteiger partial charge in [0.15, 0.2) is 5.76 Å². The van der Waals surface area contributed by atoms with Crippen LogP contribution in [-0.2, 0) is 0 Å². The highest BCUT2D eigenvalue weighted by Gasteiger charge is 2.30. The van der Waals surface area contributed by atoms with Gasteiger partial charge < -0.3 is 18.7 Å². The molecule has 1 saturated heterocycles. The highest BCUT2D eigenvalue weighted by molar-refractivity contribution is 5.96. The number of carbonyl (C=O) groups excluding carboxylic acids is 1. The Kier molecular flexibility index (Phi) is 4.22. The average molecular weight is 415 g/mol. The number of amides is 1. The molecule has 4 heterocycles. The maximum atomic E-state index is 12.8. The number of para-hydroxylation sites is 1. The van der Waals surface area contributed by atoms with Crippen LogP contribution in [0.15, 0.2) is 57.6 Å². The fraction of sp³-hybridized carbons (Fsp3) is 0.304. The molecule has 8 heteroatoms. The molecule has 0 radical (unpaired) electrons. The highest BCUT2D eigenvalue weighted by atomic mass is 16.5. The van der Waals surface area contributed by atoms with Crippen LogP contribution in [0.4, 0.5) is 5.82 Å². The van der Waals surface area contributed by atoms with Crippen molar-refractivity contribution in [3.05, 3.63) is 60.3 Å². The Balaban J connectivity index is 1.10. The number of rotatable bonds is 4. The van der Waals surface area contributed by atoms with Crippen molar-refractivity contribution in [2.45, 2.75) is 18.8 Å². The summed E-state index contributed by atoms with van der Waals surface area (Å²) < 4.78 is 11.1. The molecule has 1 aromatic carbocycles. The number of aromatic nitrogens is 3. The van der Waals surface area contributed by atoms with Gasteiger partial charge in [-0.15, -0.1) is 0 Å². The molecule has 31 heavy (non-hydrogen) atoms. The zero-order valence-corrected chi connectivity index (χ0v) is 16.9. The van der Waals surface area contributed by atoms with Crippen LogP contribution in [0.3, 0.4) is 0 Å². The maximum absolute atomic E-state index is 12.8. The number of piperazine rings is 1. The summed E-state index contributed by atoms with van der Waals surface area (Å²) in [6, 6.07) is 13.4. The standard InChI is InChI=1S/C23H21N5O3/c29-23(19-13-16-3-1-2-4-18(16)30-19)28-11-9-27(10-12-28)20-8-7-17(14-24-20)21-25-22(31-26-21)15-5-6-15/h1-4,7-8,13-15H,5-6,9-12H2. The Morgan fingerprint density at radius 3 is 2.61 bits per heavy atom. The van der Waals surface area contributed by atoms with E-state index in [2.05, 4.69) is 20.0 Å². The van der Waals surface area contributed by atoms with Crippen LogP contribution < -0.4 is 4.90 Å². The summed E-state index contributed by atoms with van der Waals surface area (Å²) in [6.45, 7) is 2.67. The molecule has 1 aliphatic heterocycles. The van der Waals surface area contributed by atoms with Crippen molar-refractivity contribution in [1.29, 1.82) is 0 Å². The molecule has 8 nitrogen and oxygen atoms in total. The smallest absolute Gasteiger partial charge is 0.289 e. The van der Waals surface area contributed by atoms with Crippen LogP contribution in [0.25, 0.3) is 22.4 Å². The summed E-state index contributed by atoms with van der Waals surface area (Å²) in [6.07, 6.45) is 4.04. The second-order valence-electron chi connectivity index (χ2n) is 8.06. The summed E-state index contributed by atoms with van der Waals surface area (Å²) in [5.41, 5.74) is 1.58. The van der Waals surface area contributed by atoms with Crippen molar-refractivity contribution in [1.82, 2.24) is 20.0 Å². The quantitative estimate of drug-likeness (QED) is 0.502. The van der Waals surface area contributed by atoms with E-state index in [-0.39, 0.29) is 5.91 Å². The third-order valence-electron chi connectivity index (χ3n) is 5.90. The molecule has 6 rings (SSSR count). The number of hydrogen-bond acceptors (Lipinski definition) is 7. The molecular weight excluding hydrogens is 394 g/mol. The van der Waals surface area contributed by atoms with Gasteiger partial charge in [-0.25, -0.2) is 4.98 Å². The van der Waals surface area contributed by atoms with Gasteiger partial charge in [0, 0.05) is 49.2 Å². The van der Waals surface area contributed by atoms with Crippen molar-refractivity contribution in [2.75, 3.05) is 31.1 Å². The van der Waals surface area contributed by atoms with E-state index in [1.165, 1.54) is 0 Å². The Morgan fingerprint density at radius 1 is 1.03 bits per heavy atom. The molecule has 2 aliphatic rings. The fourth-order valence-corrected chi connectivity index (χ4v) is 3.94. The molecule has 1 amide bonds. The van der Waals surface area contributed by atoms with Gasteiger partial charge in [-0.2, -0.15) is 4.98 Å². The van der Waals surface area contributed by atoms with E-state index in [4.69, 9.17) is 8.94 Å². The van der Waals surface area contributed by atoms with E-state index in [1.807, 2.05) is 47.4 Å². The fourth-order valence-electron chi connectivity index (χ4n) is 3.94. The zero-order chi connectivity index (χ0) is 20.8.